The summed E-state index contributed by atoms with van der Waals surface area (Å²) in [5, 5.41) is 13.1. The summed E-state index contributed by atoms with van der Waals surface area (Å²) in [6, 6.07) is 8.42. The molecular weight excluding hydrogens is 392 g/mol. The van der Waals surface area contributed by atoms with Crippen LogP contribution in [0.5, 0.6) is 5.88 Å². The Hall–Kier alpha value is -1.78. The van der Waals surface area contributed by atoms with E-state index in [1.165, 1.54) is 37.9 Å². The van der Waals surface area contributed by atoms with Crippen molar-refractivity contribution in [2.24, 2.45) is 0 Å². The molecule has 1 aliphatic heterocycles. The molecule has 29 heavy (non-hydrogen) atoms. The van der Waals surface area contributed by atoms with Crippen molar-refractivity contribution >= 4 is 17.0 Å². The van der Waals surface area contributed by atoms with Crippen LogP contribution in [0.15, 0.2) is 24.3 Å². The average molecular weight is 423 g/mol. The van der Waals surface area contributed by atoms with Crippen LogP contribution in [-0.4, -0.2) is 62.3 Å². The number of piperidine rings is 1. The van der Waals surface area contributed by atoms with Gasteiger partial charge in [0.1, 0.15) is 0 Å². The zero-order valence-electron chi connectivity index (χ0n) is 16.9. The molecule has 2 atom stereocenters. The van der Waals surface area contributed by atoms with Crippen molar-refractivity contribution in [1.82, 2.24) is 13.6 Å². The van der Waals surface area contributed by atoms with Crippen LogP contribution in [0.2, 0.25) is 0 Å². The Bertz CT molecular complexity index is 752. The summed E-state index contributed by atoms with van der Waals surface area (Å²) in [4.78, 5) is 2.50. The third-order valence-corrected chi connectivity index (χ3v) is 5.41. The summed E-state index contributed by atoms with van der Waals surface area (Å²) in [5.41, 5.74) is 2.39. The molecule has 2 heterocycles. The van der Waals surface area contributed by atoms with Gasteiger partial charge in [-0.05, 0) is 44.0 Å². The minimum atomic E-state index is -1.66. The molecule has 1 saturated heterocycles. The molecule has 2 unspecified atom stereocenters. The molecule has 3 rings (SSSR count). The maximum absolute atomic E-state index is 11.4. The SMILES string of the molecule is CCOc1n[s+]([O-])nc1NCC(O)COCc1cccc(CN2CCCCC2)c1. The fraction of sp³-hybridized carbons (Fsp3) is 0.600. The number of aliphatic hydroxyl groups is 1. The number of nitrogens with one attached hydrogen (secondary N) is 1. The highest BCUT2D eigenvalue weighted by Crippen LogP contribution is 2.24. The largest absolute Gasteiger partial charge is 0.546 e. The third-order valence-electron chi connectivity index (χ3n) is 4.74. The first-order valence-corrected chi connectivity index (χ1v) is 11.2. The van der Waals surface area contributed by atoms with E-state index in [-0.39, 0.29) is 19.0 Å². The number of anilines is 1. The minimum Gasteiger partial charge on any atom is -0.546 e. The van der Waals surface area contributed by atoms with Crippen LogP contribution in [0.3, 0.4) is 0 Å². The summed E-state index contributed by atoms with van der Waals surface area (Å²) in [5.74, 6) is 0.513. The Kier molecular flexibility index (Phi) is 8.63. The van der Waals surface area contributed by atoms with Crippen molar-refractivity contribution in [3.8, 4) is 5.88 Å². The van der Waals surface area contributed by atoms with Crippen LogP contribution in [0, 0.1) is 0 Å². The van der Waals surface area contributed by atoms with Gasteiger partial charge >= 0.3 is 5.88 Å². The van der Waals surface area contributed by atoms with E-state index in [1.807, 2.05) is 13.0 Å². The van der Waals surface area contributed by atoms with E-state index in [4.69, 9.17) is 9.47 Å². The first-order valence-electron chi connectivity index (χ1n) is 10.2. The second-order valence-corrected chi connectivity index (χ2v) is 8.03. The molecule has 160 valence electrons. The molecule has 2 aromatic rings. The molecule has 1 aromatic heterocycles. The smallest absolute Gasteiger partial charge is 0.318 e. The van der Waals surface area contributed by atoms with Crippen molar-refractivity contribution in [2.45, 2.75) is 45.4 Å². The minimum absolute atomic E-state index is 0.181. The Morgan fingerprint density at radius 2 is 2.03 bits per heavy atom. The zero-order valence-corrected chi connectivity index (χ0v) is 17.7. The molecule has 8 nitrogen and oxygen atoms in total. The van der Waals surface area contributed by atoms with Gasteiger partial charge in [0, 0.05) is 21.8 Å². The number of hydrogen-bond acceptors (Lipinski definition) is 8. The molecular formula is C20H30N4O4S. The van der Waals surface area contributed by atoms with E-state index < -0.39 is 17.2 Å². The summed E-state index contributed by atoms with van der Waals surface area (Å²) < 4.78 is 29.9. The number of benzene rings is 1. The highest BCUT2D eigenvalue weighted by atomic mass is 32.2. The lowest BCUT2D eigenvalue weighted by Crippen LogP contribution is -2.29. The van der Waals surface area contributed by atoms with E-state index in [2.05, 4.69) is 37.2 Å². The van der Waals surface area contributed by atoms with E-state index in [0.29, 0.717) is 19.0 Å². The first-order chi connectivity index (χ1) is 14.1. The van der Waals surface area contributed by atoms with Crippen LogP contribution >= 0.6 is 11.1 Å². The lowest BCUT2D eigenvalue weighted by atomic mass is 10.1. The maximum Gasteiger partial charge on any atom is 0.318 e. The van der Waals surface area contributed by atoms with Gasteiger partial charge in [-0.25, -0.2) is 0 Å². The lowest BCUT2D eigenvalue weighted by molar-refractivity contribution is 0.0347. The summed E-state index contributed by atoms with van der Waals surface area (Å²) in [6.45, 7) is 6.38. The lowest BCUT2D eigenvalue weighted by Gasteiger charge is -2.26. The summed E-state index contributed by atoms with van der Waals surface area (Å²) in [7, 11) is 0. The molecule has 0 radical (unpaired) electrons. The molecule has 2 N–H and O–H groups in total. The summed E-state index contributed by atoms with van der Waals surface area (Å²) in [6.07, 6.45) is 3.18. The third kappa shape index (κ3) is 7.20. The van der Waals surface area contributed by atoms with Gasteiger partial charge in [-0.15, -0.1) is 0 Å². The molecule has 0 saturated carbocycles. The highest BCUT2D eigenvalue weighted by Gasteiger charge is 2.18. The van der Waals surface area contributed by atoms with Crippen molar-refractivity contribution in [3.63, 3.8) is 0 Å². The van der Waals surface area contributed by atoms with Crippen LogP contribution in [0.1, 0.15) is 37.3 Å². The predicted molar refractivity (Wildman–Crippen MR) is 112 cm³/mol. The number of aliphatic hydroxyl groups excluding tert-OH is 1. The predicted octanol–water partition coefficient (Wildman–Crippen LogP) is 2.58. The average Bonchev–Trinajstić information content (AvgIpc) is 3.07. The van der Waals surface area contributed by atoms with Gasteiger partial charge in [-0.2, -0.15) is 0 Å². The van der Waals surface area contributed by atoms with Crippen LogP contribution < -0.4 is 10.1 Å². The highest BCUT2D eigenvalue weighted by molar-refractivity contribution is 7.14. The number of aromatic nitrogens is 2. The van der Waals surface area contributed by atoms with E-state index in [9.17, 15) is 9.66 Å². The standard InChI is InChI=1S/C20H30N4O4S/c1-2-28-20-19(22-29(26)23-20)21-12-18(25)15-27-14-17-8-6-7-16(11-17)13-24-9-4-3-5-10-24/h6-8,11,18,25H,2-5,9-10,12-15H2,1H3,(H,21,22). The van der Waals surface area contributed by atoms with Gasteiger partial charge in [-0.3, -0.25) is 4.90 Å². The van der Waals surface area contributed by atoms with Gasteiger partial charge in [0.25, 0.3) is 5.82 Å². The maximum atomic E-state index is 11.4. The molecule has 0 spiro atoms. The van der Waals surface area contributed by atoms with Crippen LogP contribution in [-0.2, 0) is 17.9 Å². The van der Waals surface area contributed by atoms with Crippen molar-refractivity contribution in [3.05, 3.63) is 35.4 Å². The first kappa shape index (κ1) is 21.9. The number of hydrogen-bond donors (Lipinski definition) is 2. The van der Waals surface area contributed by atoms with Gasteiger partial charge in [0.2, 0.25) is 0 Å². The Morgan fingerprint density at radius 1 is 1.24 bits per heavy atom. The number of rotatable bonds is 11. The van der Waals surface area contributed by atoms with Crippen LogP contribution in [0.4, 0.5) is 5.82 Å². The molecule has 0 bridgehead atoms. The second kappa shape index (κ2) is 11.4. The van der Waals surface area contributed by atoms with Gasteiger partial charge in [-0.1, -0.05) is 30.7 Å². The van der Waals surface area contributed by atoms with Gasteiger partial charge in [0.05, 0.1) is 25.9 Å². The van der Waals surface area contributed by atoms with Crippen LogP contribution in [0.25, 0.3) is 0 Å². The zero-order chi connectivity index (χ0) is 20.5. The van der Waals surface area contributed by atoms with Crippen molar-refractivity contribution in [1.29, 1.82) is 0 Å². The van der Waals surface area contributed by atoms with Gasteiger partial charge in [0.15, 0.2) is 11.1 Å². The number of nitrogens with zero attached hydrogens (tertiary/aromatic N) is 3. The monoisotopic (exact) mass is 422 g/mol. The quantitative estimate of drug-likeness (QED) is 0.533. The molecule has 0 amide bonds. The molecule has 1 aromatic carbocycles. The summed E-state index contributed by atoms with van der Waals surface area (Å²) >= 11 is -1.66. The fourth-order valence-electron chi connectivity index (χ4n) is 3.37. The van der Waals surface area contributed by atoms with Gasteiger partial charge < -0.3 is 24.4 Å². The Labute approximate surface area is 175 Å². The Morgan fingerprint density at radius 3 is 2.83 bits per heavy atom. The topological polar surface area (TPSA) is 103 Å². The Balaban J connectivity index is 1.39. The molecule has 1 aliphatic rings. The molecule has 0 aliphatic carbocycles. The van der Waals surface area contributed by atoms with Crippen molar-refractivity contribution < 1.29 is 19.1 Å². The van der Waals surface area contributed by atoms with E-state index >= 15 is 0 Å². The number of ether oxygens (including phenoxy) is 2. The molecule has 1 fully saturated rings. The van der Waals surface area contributed by atoms with E-state index in [1.54, 1.807) is 0 Å². The number of likely N-dealkylation sites (tertiary alicyclic amines) is 1. The van der Waals surface area contributed by atoms with E-state index in [0.717, 1.165) is 12.1 Å². The molecule has 9 heteroatoms. The second-order valence-electron chi connectivity index (χ2n) is 7.21. The fourth-order valence-corrected chi connectivity index (χ4v) is 3.99. The van der Waals surface area contributed by atoms with Crippen molar-refractivity contribution in [2.75, 3.05) is 38.2 Å². The normalized spacial score (nSPS) is 16.6.